The van der Waals surface area contributed by atoms with Gasteiger partial charge in [0.25, 0.3) is 5.56 Å². The molecule has 1 fully saturated rings. The van der Waals surface area contributed by atoms with Crippen molar-refractivity contribution in [2.75, 3.05) is 0 Å². The van der Waals surface area contributed by atoms with E-state index in [1.54, 1.807) is 35.9 Å². The molecule has 3 heterocycles. The molecular formula is C18H16Cl2N4O. The highest BCUT2D eigenvalue weighted by Gasteiger charge is 2.24. The van der Waals surface area contributed by atoms with Gasteiger partial charge in [-0.1, -0.05) is 36.0 Å². The summed E-state index contributed by atoms with van der Waals surface area (Å²) >= 11 is 12.3. The number of fused-ring (bicyclic) bond motifs is 1. The molecule has 0 spiro atoms. The molecule has 1 aliphatic carbocycles. The second-order valence-electron chi connectivity index (χ2n) is 6.34. The number of nitrogens with zero attached hydrogens (tertiary/aromatic N) is 4. The average Bonchev–Trinajstić information content (AvgIpc) is 3.09. The van der Waals surface area contributed by atoms with E-state index in [0.29, 0.717) is 38.3 Å². The number of pyridine rings is 2. The summed E-state index contributed by atoms with van der Waals surface area (Å²) in [7, 11) is 0. The molecule has 0 amide bonds. The van der Waals surface area contributed by atoms with Crippen molar-refractivity contribution in [3.8, 4) is 11.1 Å². The van der Waals surface area contributed by atoms with Crippen molar-refractivity contribution < 1.29 is 0 Å². The van der Waals surface area contributed by atoms with Crippen molar-refractivity contribution in [1.82, 2.24) is 19.5 Å². The summed E-state index contributed by atoms with van der Waals surface area (Å²) in [5.74, 6) is 0.560. The SMILES string of the molecule is Cc1nc(Cl)c2cc(-c3ccc(Cl)nc3)c(=O)n(C3CCCC3)c2n1. The van der Waals surface area contributed by atoms with E-state index in [1.165, 1.54) is 0 Å². The molecule has 0 atom stereocenters. The Morgan fingerprint density at radius 1 is 1.16 bits per heavy atom. The van der Waals surface area contributed by atoms with Gasteiger partial charge in [0.05, 0.1) is 5.39 Å². The van der Waals surface area contributed by atoms with Gasteiger partial charge in [0.15, 0.2) is 0 Å². The van der Waals surface area contributed by atoms with Crippen molar-refractivity contribution in [1.29, 1.82) is 0 Å². The molecule has 7 heteroatoms. The minimum absolute atomic E-state index is 0.0716. The van der Waals surface area contributed by atoms with Gasteiger partial charge in [-0.3, -0.25) is 9.36 Å². The molecule has 0 aliphatic heterocycles. The highest BCUT2D eigenvalue weighted by molar-refractivity contribution is 6.34. The van der Waals surface area contributed by atoms with Gasteiger partial charge in [0, 0.05) is 23.4 Å². The van der Waals surface area contributed by atoms with Crippen LogP contribution in [-0.4, -0.2) is 19.5 Å². The number of rotatable bonds is 2. The van der Waals surface area contributed by atoms with Gasteiger partial charge in [0.1, 0.15) is 21.8 Å². The maximum atomic E-state index is 13.3. The Kier molecular flexibility index (Phi) is 4.21. The molecule has 3 aromatic heterocycles. The van der Waals surface area contributed by atoms with Crippen LogP contribution in [0.25, 0.3) is 22.2 Å². The van der Waals surface area contributed by atoms with Crippen LogP contribution in [0.2, 0.25) is 10.3 Å². The van der Waals surface area contributed by atoms with E-state index in [-0.39, 0.29) is 11.6 Å². The molecule has 25 heavy (non-hydrogen) atoms. The Hall–Kier alpha value is -1.98. The van der Waals surface area contributed by atoms with E-state index in [9.17, 15) is 4.79 Å². The average molecular weight is 375 g/mol. The topological polar surface area (TPSA) is 60.7 Å². The van der Waals surface area contributed by atoms with E-state index in [4.69, 9.17) is 23.2 Å². The van der Waals surface area contributed by atoms with Crippen molar-refractivity contribution in [2.24, 2.45) is 0 Å². The van der Waals surface area contributed by atoms with E-state index < -0.39 is 0 Å². The lowest BCUT2D eigenvalue weighted by Crippen LogP contribution is -2.26. The number of hydrogen-bond acceptors (Lipinski definition) is 4. The second-order valence-corrected chi connectivity index (χ2v) is 7.09. The van der Waals surface area contributed by atoms with Gasteiger partial charge < -0.3 is 0 Å². The summed E-state index contributed by atoms with van der Waals surface area (Å²) in [6.45, 7) is 1.78. The molecule has 0 saturated heterocycles. The molecule has 0 aromatic carbocycles. The zero-order valence-corrected chi connectivity index (χ0v) is 15.2. The summed E-state index contributed by atoms with van der Waals surface area (Å²) < 4.78 is 1.80. The van der Waals surface area contributed by atoms with Crippen LogP contribution in [0.3, 0.4) is 0 Å². The monoisotopic (exact) mass is 374 g/mol. The summed E-state index contributed by atoms with van der Waals surface area (Å²) in [6.07, 6.45) is 5.77. The third-order valence-corrected chi connectivity index (χ3v) is 5.20. The zero-order chi connectivity index (χ0) is 17.6. The molecule has 128 valence electrons. The van der Waals surface area contributed by atoms with Gasteiger partial charge in [0.2, 0.25) is 0 Å². The minimum atomic E-state index is -0.0716. The molecule has 3 aromatic rings. The molecule has 5 nitrogen and oxygen atoms in total. The van der Waals surface area contributed by atoms with E-state index in [0.717, 1.165) is 25.7 Å². The van der Waals surface area contributed by atoms with Crippen molar-refractivity contribution in [3.63, 3.8) is 0 Å². The second kappa shape index (κ2) is 6.39. The van der Waals surface area contributed by atoms with Crippen LogP contribution in [0.15, 0.2) is 29.2 Å². The van der Waals surface area contributed by atoms with Crippen LogP contribution in [0.4, 0.5) is 0 Å². The highest BCUT2D eigenvalue weighted by atomic mass is 35.5. The number of hydrogen-bond donors (Lipinski definition) is 0. The van der Waals surface area contributed by atoms with Crippen molar-refractivity contribution in [3.05, 3.63) is 50.9 Å². The summed E-state index contributed by atoms with van der Waals surface area (Å²) in [4.78, 5) is 26.1. The van der Waals surface area contributed by atoms with E-state index >= 15 is 0 Å². The third-order valence-electron chi connectivity index (χ3n) is 4.69. The molecule has 0 N–H and O–H groups in total. The third kappa shape index (κ3) is 2.92. The molecule has 0 bridgehead atoms. The summed E-state index contributed by atoms with van der Waals surface area (Å²) in [5.41, 5.74) is 1.79. The van der Waals surface area contributed by atoms with Gasteiger partial charge in [-0.2, -0.15) is 0 Å². The highest BCUT2D eigenvalue weighted by Crippen LogP contribution is 2.33. The molecule has 0 radical (unpaired) electrons. The van der Waals surface area contributed by atoms with E-state index in [1.807, 2.05) is 0 Å². The summed E-state index contributed by atoms with van der Waals surface area (Å²) in [5, 5.41) is 1.43. The smallest absolute Gasteiger partial charge is 0.260 e. The maximum absolute atomic E-state index is 13.3. The Morgan fingerprint density at radius 3 is 2.60 bits per heavy atom. The standard InChI is InChI=1S/C18H16Cl2N4O/c1-10-22-16(20)14-8-13(11-6-7-15(19)21-9-11)18(25)24(17(14)23-10)12-4-2-3-5-12/h6-9,12H,2-5H2,1H3. The number of aromatic nitrogens is 4. The first-order chi connectivity index (χ1) is 12.0. The van der Waals surface area contributed by atoms with Crippen LogP contribution in [0.1, 0.15) is 37.5 Å². The fourth-order valence-corrected chi connectivity index (χ4v) is 3.89. The Balaban J connectivity index is 2.06. The largest absolute Gasteiger partial charge is 0.289 e. The predicted molar refractivity (Wildman–Crippen MR) is 99.3 cm³/mol. The van der Waals surface area contributed by atoms with Crippen LogP contribution >= 0.6 is 23.2 Å². The lowest BCUT2D eigenvalue weighted by Gasteiger charge is -2.18. The first-order valence-electron chi connectivity index (χ1n) is 8.26. The Labute approximate surface area is 154 Å². The van der Waals surface area contributed by atoms with Gasteiger partial charge in [-0.05, 0) is 38.0 Å². The molecule has 1 saturated carbocycles. The zero-order valence-electron chi connectivity index (χ0n) is 13.7. The van der Waals surface area contributed by atoms with Crippen LogP contribution in [0.5, 0.6) is 0 Å². The van der Waals surface area contributed by atoms with E-state index in [2.05, 4.69) is 15.0 Å². The first kappa shape index (κ1) is 16.5. The first-order valence-corrected chi connectivity index (χ1v) is 9.01. The Morgan fingerprint density at radius 2 is 1.92 bits per heavy atom. The van der Waals surface area contributed by atoms with Gasteiger partial charge >= 0.3 is 0 Å². The maximum Gasteiger partial charge on any atom is 0.260 e. The number of aryl methyl sites for hydroxylation is 1. The quantitative estimate of drug-likeness (QED) is 0.486. The lowest BCUT2D eigenvalue weighted by atomic mass is 10.1. The fourth-order valence-electron chi connectivity index (χ4n) is 3.52. The molecule has 0 unspecified atom stereocenters. The molecule has 1 aliphatic rings. The van der Waals surface area contributed by atoms with Crippen LogP contribution in [0, 0.1) is 6.92 Å². The molecule has 4 rings (SSSR count). The normalized spacial score (nSPS) is 15.2. The number of halogens is 2. The predicted octanol–water partition coefficient (Wildman–Crippen LogP) is 4.58. The van der Waals surface area contributed by atoms with Crippen LogP contribution < -0.4 is 5.56 Å². The van der Waals surface area contributed by atoms with Gasteiger partial charge in [-0.25, -0.2) is 15.0 Å². The fraction of sp³-hybridized carbons (Fsp3) is 0.333. The molecular weight excluding hydrogens is 359 g/mol. The van der Waals surface area contributed by atoms with Crippen LogP contribution in [-0.2, 0) is 0 Å². The van der Waals surface area contributed by atoms with Crippen molar-refractivity contribution >= 4 is 34.2 Å². The van der Waals surface area contributed by atoms with Crippen molar-refractivity contribution in [2.45, 2.75) is 38.6 Å². The lowest BCUT2D eigenvalue weighted by molar-refractivity contribution is 0.516. The Bertz CT molecular complexity index is 1010. The summed E-state index contributed by atoms with van der Waals surface area (Å²) in [6, 6.07) is 5.36. The minimum Gasteiger partial charge on any atom is -0.289 e. The van der Waals surface area contributed by atoms with Gasteiger partial charge in [-0.15, -0.1) is 0 Å².